The van der Waals surface area contributed by atoms with Crippen molar-refractivity contribution in [3.63, 3.8) is 0 Å². The second kappa shape index (κ2) is 10.2. The Morgan fingerprint density at radius 3 is 1.92 bits per heavy atom. The molecule has 1 aromatic heterocycles. The summed E-state index contributed by atoms with van der Waals surface area (Å²) in [5.74, 6) is -2.02. The van der Waals surface area contributed by atoms with E-state index in [1.165, 1.54) is 5.06 Å². The lowest BCUT2D eigenvalue weighted by molar-refractivity contribution is -0.185. The maximum atomic E-state index is 13.1. The van der Waals surface area contributed by atoms with Crippen molar-refractivity contribution in [3.05, 3.63) is 47.7 Å². The van der Waals surface area contributed by atoms with E-state index < -0.39 is 56.7 Å². The predicted octanol–water partition coefficient (Wildman–Crippen LogP) is 6.11. The minimum Gasteiger partial charge on any atom is -0.486 e. The van der Waals surface area contributed by atoms with Crippen LogP contribution in [-0.2, 0) is 22.5 Å². The molecule has 2 saturated heterocycles. The fourth-order valence-corrected chi connectivity index (χ4v) is 4.90. The molecule has 39 heavy (non-hydrogen) atoms. The number of nitrogens with zero attached hydrogens (tertiary/aromatic N) is 2. The molecular weight excluding hydrogens is 575 g/mol. The summed E-state index contributed by atoms with van der Waals surface area (Å²) in [6, 6.07) is 2.37. The van der Waals surface area contributed by atoms with Gasteiger partial charge in [0.1, 0.15) is 6.10 Å². The topological polar surface area (TPSA) is 78.0 Å². The number of ether oxygens (including phenoxy) is 1. The first-order valence-electron chi connectivity index (χ1n) is 11.3. The lowest BCUT2D eigenvalue weighted by Gasteiger charge is -2.46. The van der Waals surface area contributed by atoms with Crippen molar-refractivity contribution in [2.24, 2.45) is 0 Å². The Morgan fingerprint density at radius 2 is 1.41 bits per heavy atom. The van der Waals surface area contributed by atoms with Crippen LogP contribution >= 0.6 is 0 Å². The van der Waals surface area contributed by atoms with E-state index in [1.807, 2.05) is 0 Å². The molecular formula is C22H19F9N2O5S. The average molecular weight is 594 g/mol. The van der Waals surface area contributed by atoms with Gasteiger partial charge in [-0.1, -0.05) is 6.42 Å². The molecule has 4 rings (SSSR count). The summed E-state index contributed by atoms with van der Waals surface area (Å²) in [4.78, 5) is 9.39. The minimum absolute atomic E-state index is 0.102. The smallest absolute Gasteiger partial charge is 0.486 e. The number of hydrogen-bond donors (Lipinski definition) is 0. The summed E-state index contributed by atoms with van der Waals surface area (Å²) in [6.07, 6.45) is -7.63. The van der Waals surface area contributed by atoms with Gasteiger partial charge in [0.2, 0.25) is 5.88 Å². The monoisotopic (exact) mass is 594 g/mol. The zero-order chi connectivity index (χ0) is 28.8. The number of alkyl halides is 9. The molecule has 0 unspecified atom stereocenters. The first-order valence-corrected chi connectivity index (χ1v) is 12.7. The van der Waals surface area contributed by atoms with Crippen LogP contribution in [0.4, 0.5) is 39.5 Å². The highest BCUT2D eigenvalue weighted by molar-refractivity contribution is 7.88. The van der Waals surface area contributed by atoms with E-state index in [0.717, 1.165) is 18.6 Å². The normalized spacial score (nSPS) is 22.8. The highest BCUT2D eigenvalue weighted by atomic mass is 32.2. The largest absolute Gasteiger partial charge is 0.534 e. The molecule has 216 valence electrons. The maximum Gasteiger partial charge on any atom is 0.534 e. The molecule has 2 bridgehead atoms. The second-order valence-corrected chi connectivity index (χ2v) is 10.5. The molecule has 2 aliphatic heterocycles. The van der Waals surface area contributed by atoms with Crippen LogP contribution in [0.5, 0.6) is 17.4 Å². The van der Waals surface area contributed by atoms with Crippen LogP contribution in [0.1, 0.15) is 43.2 Å². The van der Waals surface area contributed by atoms with Crippen LogP contribution in [-0.4, -0.2) is 42.2 Å². The number of hydroxylamine groups is 2. The molecule has 2 aromatic rings. The van der Waals surface area contributed by atoms with Gasteiger partial charge in [0.05, 0.1) is 11.1 Å². The zero-order valence-electron chi connectivity index (χ0n) is 19.5. The number of benzene rings is 1. The van der Waals surface area contributed by atoms with Crippen LogP contribution in [0.3, 0.4) is 0 Å². The summed E-state index contributed by atoms with van der Waals surface area (Å²) in [6.45, 7) is 0. The lowest BCUT2D eigenvalue weighted by Crippen LogP contribution is -2.55. The lowest BCUT2D eigenvalue weighted by atomic mass is 9.84. The summed E-state index contributed by atoms with van der Waals surface area (Å²) < 4.78 is 149. The van der Waals surface area contributed by atoms with Gasteiger partial charge in [-0.3, -0.25) is 0 Å². The minimum atomic E-state index is -6.30. The van der Waals surface area contributed by atoms with Gasteiger partial charge >= 0.3 is 28.0 Å². The van der Waals surface area contributed by atoms with E-state index in [-0.39, 0.29) is 36.9 Å². The fraction of sp³-hybridized carbons (Fsp3) is 0.500. The molecule has 0 radical (unpaired) electrons. The van der Waals surface area contributed by atoms with Gasteiger partial charge in [-0.2, -0.15) is 47.9 Å². The molecule has 2 aliphatic rings. The molecule has 2 fully saturated rings. The molecule has 0 amide bonds. The third kappa shape index (κ3) is 6.62. The first kappa shape index (κ1) is 29.0. The number of fused-ring (bicyclic) bond motifs is 2. The van der Waals surface area contributed by atoms with Crippen molar-refractivity contribution in [1.29, 1.82) is 0 Å². The van der Waals surface area contributed by atoms with E-state index in [2.05, 4.69) is 9.17 Å². The van der Waals surface area contributed by atoms with Gasteiger partial charge in [-0.15, -0.1) is 5.06 Å². The Morgan fingerprint density at radius 1 is 0.821 bits per heavy atom. The number of halogens is 9. The summed E-state index contributed by atoms with van der Waals surface area (Å²) in [5.41, 5.74) is -8.32. The van der Waals surface area contributed by atoms with Crippen LogP contribution < -0.4 is 13.8 Å². The summed E-state index contributed by atoms with van der Waals surface area (Å²) in [7, 11) is -6.30. The molecule has 0 N–H and O–H groups in total. The Labute approximate surface area is 215 Å². The van der Waals surface area contributed by atoms with Gasteiger partial charge in [-0.25, -0.2) is 4.98 Å². The van der Waals surface area contributed by atoms with Crippen LogP contribution in [0.25, 0.3) is 0 Å². The fourth-order valence-electron chi connectivity index (χ4n) is 4.44. The van der Waals surface area contributed by atoms with Crippen LogP contribution in [0.15, 0.2) is 36.5 Å². The predicted molar refractivity (Wildman–Crippen MR) is 114 cm³/mol. The SMILES string of the molecule is O=S(=O)(Oc1cc(C(F)(F)F)ccc1OC1C[C@H]2CCC[C@H](C1)N2Oc1ccc(C(F)(F)F)cn1)C(F)(F)F. The molecule has 3 heterocycles. The molecule has 2 atom stereocenters. The van der Waals surface area contributed by atoms with E-state index in [4.69, 9.17) is 9.57 Å². The maximum absolute atomic E-state index is 13.1. The zero-order valence-corrected chi connectivity index (χ0v) is 20.3. The van der Waals surface area contributed by atoms with E-state index >= 15 is 0 Å². The molecule has 1 aromatic carbocycles. The Balaban J connectivity index is 1.52. The van der Waals surface area contributed by atoms with E-state index in [9.17, 15) is 47.9 Å². The van der Waals surface area contributed by atoms with Gasteiger partial charge < -0.3 is 13.8 Å². The number of hydrogen-bond acceptors (Lipinski definition) is 7. The average Bonchev–Trinajstić information content (AvgIpc) is 2.79. The van der Waals surface area contributed by atoms with Crippen LogP contribution in [0, 0.1) is 0 Å². The van der Waals surface area contributed by atoms with Crippen molar-refractivity contribution < 1.29 is 61.7 Å². The quantitative estimate of drug-likeness (QED) is 0.227. The number of pyridine rings is 1. The van der Waals surface area contributed by atoms with Gasteiger partial charge in [0, 0.05) is 37.2 Å². The number of piperidine rings is 2. The highest BCUT2D eigenvalue weighted by Gasteiger charge is 2.49. The van der Waals surface area contributed by atoms with Crippen molar-refractivity contribution in [3.8, 4) is 17.4 Å². The Bertz CT molecular complexity index is 1270. The van der Waals surface area contributed by atoms with E-state index in [1.54, 1.807) is 0 Å². The Hall–Kier alpha value is -2.95. The molecule has 17 heteroatoms. The van der Waals surface area contributed by atoms with Gasteiger partial charge in [-0.05, 0) is 37.1 Å². The van der Waals surface area contributed by atoms with Crippen LogP contribution in [0.2, 0.25) is 0 Å². The third-order valence-electron chi connectivity index (χ3n) is 6.17. The van der Waals surface area contributed by atoms with Gasteiger partial charge in [0.15, 0.2) is 11.5 Å². The van der Waals surface area contributed by atoms with Crippen molar-refractivity contribution in [1.82, 2.24) is 10.0 Å². The highest BCUT2D eigenvalue weighted by Crippen LogP contribution is 2.42. The third-order valence-corrected chi connectivity index (χ3v) is 7.14. The van der Waals surface area contributed by atoms with Crippen molar-refractivity contribution in [2.45, 2.75) is 68.2 Å². The summed E-state index contributed by atoms with van der Waals surface area (Å²) >= 11 is 0. The van der Waals surface area contributed by atoms with E-state index in [0.29, 0.717) is 31.2 Å². The van der Waals surface area contributed by atoms with Crippen molar-refractivity contribution in [2.75, 3.05) is 0 Å². The number of rotatable bonds is 6. The Kier molecular flexibility index (Phi) is 7.61. The number of aromatic nitrogens is 1. The first-order chi connectivity index (χ1) is 17.9. The molecule has 7 nitrogen and oxygen atoms in total. The molecule has 0 aliphatic carbocycles. The van der Waals surface area contributed by atoms with Crippen molar-refractivity contribution >= 4 is 10.1 Å². The van der Waals surface area contributed by atoms with Gasteiger partial charge in [0.25, 0.3) is 0 Å². The summed E-state index contributed by atoms with van der Waals surface area (Å²) in [5, 5.41) is 1.54. The standard InChI is InChI=1S/C22H19F9N2O5S/c23-20(24,25)12-4-6-17(18(8-12)38-39(34,35)22(29,30)31)36-16-9-14-2-1-3-15(10-16)33(14)37-19-7-5-13(11-32-19)21(26,27)28/h4-8,11,14-16H,1-3,9-10H2/t14-,15-/m1/s1. The molecule has 0 saturated carbocycles. The second-order valence-electron chi connectivity index (χ2n) is 8.93. The molecule has 0 spiro atoms.